The molecule has 20 heavy (non-hydrogen) atoms. The fourth-order valence-electron chi connectivity index (χ4n) is 2.36. The van der Waals surface area contributed by atoms with E-state index in [1.165, 1.54) is 0 Å². The summed E-state index contributed by atoms with van der Waals surface area (Å²) in [6, 6.07) is 8.14. The third-order valence-electron chi connectivity index (χ3n) is 3.86. The van der Waals surface area contributed by atoms with Gasteiger partial charge in [0.05, 0.1) is 31.3 Å². The van der Waals surface area contributed by atoms with Crippen LogP contribution in [0.3, 0.4) is 0 Å². The maximum Gasteiger partial charge on any atom is 0.134 e. The first-order valence-corrected chi connectivity index (χ1v) is 7.52. The lowest BCUT2D eigenvalue weighted by molar-refractivity contribution is -0.135. The second-order valence-corrected chi connectivity index (χ2v) is 6.50. The number of aliphatic hydroxyl groups excluding tert-OH is 1. The molecule has 4 nitrogen and oxygen atoms in total. The minimum atomic E-state index is -0.122. The van der Waals surface area contributed by atoms with Crippen LogP contribution in [0.25, 0.3) is 11.0 Å². The zero-order chi connectivity index (χ0) is 14.2. The van der Waals surface area contributed by atoms with Crippen molar-refractivity contribution in [1.29, 1.82) is 0 Å². The summed E-state index contributed by atoms with van der Waals surface area (Å²) in [5.74, 6) is 0.909. The largest absolute Gasteiger partial charge is 0.459 e. The van der Waals surface area contributed by atoms with E-state index < -0.39 is 0 Å². The van der Waals surface area contributed by atoms with E-state index in [9.17, 15) is 5.11 Å². The molecule has 2 heterocycles. The quantitative estimate of drug-likeness (QED) is 0.879. The molecule has 1 fully saturated rings. The van der Waals surface area contributed by atoms with E-state index in [1.54, 1.807) is 0 Å². The van der Waals surface area contributed by atoms with Crippen molar-refractivity contribution in [1.82, 2.24) is 5.32 Å². The minimum absolute atomic E-state index is 0.102. The maximum absolute atomic E-state index is 9.42. The number of benzene rings is 1. The summed E-state index contributed by atoms with van der Waals surface area (Å²) in [6.45, 7) is 4.19. The summed E-state index contributed by atoms with van der Waals surface area (Å²) >= 11 is 3.46. The number of hydrogen-bond acceptors (Lipinski definition) is 4. The van der Waals surface area contributed by atoms with Crippen molar-refractivity contribution in [2.24, 2.45) is 5.41 Å². The van der Waals surface area contributed by atoms with Gasteiger partial charge in [-0.1, -0.05) is 15.9 Å². The van der Waals surface area contributed by atoms with Crippen molar-refractivity contribution >= 4 is 26.9 Å². The Morgan fingerprint density at radius 2 is 2.20 bits per heavy atom. The molecule has 0 bridgehead atoms. The van der Waals surface area contributed by atoms with Gasteiger partial charge < -0.3 is 19.6 Å². The van der Waals surface area contributed by atoms with Crippen molar-refractivity contribution in [3.05, 3.63) is 34.5 Å². The summed E-state index contributed by atoms with van der Waals surface area (Å²) in [4.78, 5) is 0. The van der Waals surface area contributed by atoms with Gasteiger partial charge in [-0.3, -0.25) is 0 Å². The van der Waals surface area contributed by atoms with Gasteiger partial charge in [0.1, 0.15) is 11.3 Å². The molecule has 1 aliphatic rings. The molecule has 2 N–H and O–H groups in total. The lowest BCUT2D eigenvalue weighted by Gasteiger charge is -2.40. The number of rotatable bonds is 5. The monoisotopic (exact) mass is 339 g/mol. The highest BCUT2D eigenvalue weighted by atomic mass is 79.9. The number of nitrogens with one attached hydrogen (secondary N) is 1. The number of aliphatic hydroxyl groups is 1. The van der Waals surface area contributed by atoms with Crippen LogP contribution in [0.1, 0.15) is 18.7 Å². The summed E-state index contributed by atoms with van der Waals surface area (Å²) in [5.41, 5.74) is 0.768. The highest BCUT2D eigenvalue weighted by molar-refractivity contribution is 9.10. The van der Waals surface area contributed by atoms with Crippen molar-refractivity contribution < 1.29 is 14.3 Å². The van der Waals surface area contributed by atoms with Crippen LogP contribution in [-0.2, 0) is 4.74 Å². The molecule has 0 saturated carbocycles. The molecular weight excluding hydrogens is 322 g/mol. The zero-order valence-electron chi connectivity index (χ0n) is 11.4. The van der Waals surface area contributed by atoms with Crippen LogP contribution in [0.2, 0.25) is 0 Å². The highest BCUT2D eigenvalue weighted by Gasteiger charge is 2.38. The van der Waals surface area contributed by atoms with Gasteiger partial charge >= 0.3 is 0 Å². The van der Waals surface area contributed by atoms with Gasteiger partial charge in [0.25, 0.3) is 0 Å². The van der Waals surface area contributed by atoms with E-state index in [-0.39, 0.29) is 18.1 Å². The molecule has 3 rings (SSSR count). The van der Waals surface area contributed by atoms with Gasteiger partial charge in [0.15, 0.2) is 0 Å². The third kappa shape index (κ3) is 2.63. The molecule has 1 aliphatic heterocycles. The smallest absolute Gasteiger partial charge is 0.134 e. The van der Waals surface area contributed by atoms with Crippen LogP contribution in [0.5, 0.6) is 0 Å². The van der Waals surface area contributed by atoms with Crippen LogP contribution >= 0.6 is 15.9 Å². The molecular formula is C15H18BrNO3. The second-order valence-electron chi connectivity index (χ2n) is 5.58. The Bertz CT molecular complexity index is 601. The Kier molecular flexibility index (Phi) is 3.86. The standard InChI is InChI=1S/C15H18BrNO3/c1-10(17-6-15(7-18)8-19-9-15)14-5-11-4-12(16)2-3-13(11)20-14/h2-5,10,17-18H,6-9H2,1H3. The Balaban J connectivity index is 1.70. The second kappa shape index (κ2) is 5.48. The Hall–Kier alpha value is -0.880. The Morgan fingerprint density at radius 1 is 1.40 bits per heavy atom. The fraction of sp³-hybridized carbons (Fsp3) is 0.467. The van der Waals surface area contributed by atoms with Gasteiger partial charge in [-0.05, 0) is 31.2 Å². The molecule has 108 valence electrons. The Labute approximate surface area is 126 Å². The average molecular weight is 340 g/mol. The maximum atomic E-state index is 9.42. The molecule has 0 radical (unpaired) electrons. The van der Waals surface area contributed by atoms with E-state index >= 15 is 0 Å². The summed E-state index contributed by atoms with van der Waals surface area (Å²) in [7, 11) is 0. The summed E-state index contributed by atoms with van der Waals surface area (Å²) < 4.78 is 12.1. The molecule has 0 aliphatic carbocycles. The van der Waals surface area contributed by atoms with E-state index in [1.807, 2.05) is 18.2 Å². The average Bonchev–Trinajstić information content (AvgIpc) is 2.80. The fourth-order valence-corrected chi connectivity index (χ4v) is 2.74. The van der Waals surface area contributed by atoms with Crippen LogP contribution in [-0.4, -0.2) is 31.5 Å². The predicted molar refractivity (Wildman–Crippen MR) is 80.7 cm³/mol. The van der Waals surface area contributed by atoms with Gasteiger partial charge in [-0.15, -0.1) is 0 Å². The number of ether oxygens (including phenoxy) is 1. The molecule has 0 spiro atoms. The van der Waals surface area contributed by atoms with Gasteiger partial charge in [-0.25, -0.2) is 0 Å². The van der Waals surface area contributed by atoms with Crippen LogP contribution < -0.4 is 5.32 Å². The lowest BCUT2D eigenvalue weighted by atomic mass is 9.87. The molecule has 1 aromatic heterocycles. The van der Waals surface area contributed by atoms with Crippen LogP contribution in [0, 0.1) is 5.41 Å². The molecule has 1 saturated heterocycles. The van der Waals surface area contributed by atoms with E-state index in [0.717, 1.165) is 27.7 Å². The first-order valence-electron chi connectivity index (χ1n) is 6.73. The SMILES string of the molecule is CC(NCC1(CO)COC1)c1cc2cc(Br)ccc2o1. The predicted octanol–water partition coefficient (Wildman–Crippen LogP) is 2.85. The first kappa shape index (κ1) is 14.1. The van der Waals surface area contributed by atoms with Crippen LogP contribution in [0.15, 0.2) is 33.2 Å². The first-order chi connectivity index (χ1) is 9.62. The van der Waals surface area contributed by atoms with E-state index in [4.69, 9.17) is 9.15 Å². The highest BCUT2D eigenvalue weighted by Crippen LogP contribution is 2.29. The molecule has 1 unspecified atom stereocenters. The summed E-state index contributed by atoms with van der Waals surface area (Å²) in [5, 5.41) is 13.9. The van der Waals surface area contributed by atoms with Gasteiger partial charge in [0, 0.05) is 16.4 Å². The third-order valence-corrected chi connectivity index (χ3v) is 4.35. The zero-order valence-corrected chi connectivity index (χ0v) is 12.9. The minimum Gasteiger partial charge on any atom is -0.459 e. The van der Waals surface area contributed by atoms with Gasteiger partial charge in [0.2, 0.25) is 0 Å². The molecule has 1 aromatic carbocycles. The van der Waals surface area contributed by atoms with Gasteiger partial charge in [-0.2, -0.15) is 0 Å². The number of hydrogen-bond donors (Lipinski definition) is 2. The van der Waals surface area contributed by atoms with E-state index in [2.05, 4.69) is 34.2 Å². The van der Waals surface area contributed by atoms with Crippen LogP contribution in [0.4, 0.5) is 0 Å². The van der Waals surface area contributed by atoms with E-state index in [0.29, 0.717) is 13.2 Å². The molecule has 0 amide bonds. The number of furan rings is 1. The number of fused-ring (bicyclic) bond motifs is 1. The number of halogens is 1. The topological polar surface area (TPSA) is 54.6 Å². The van der Waals surface area contributed by atoms with Crippen molar-refractivity contribution in [2.75, 3.05) is 26.4 Å². The normalized spacial score (nSPS) is 18.9. The summed E-state index contributed by atoms with van der Waals surface area (Å²) in [6.07, 6.45) is 0. The van der Waals surface area contributed by atoms with Crippen molar-refractivity contribution in [2.45, 2.75) is 13.0 Å². The Morgan fingerprint density at radius 3 is 2.85 bits per heavy atom. The molecule has 1 atom stereocenters. The lowest BCUT2D eigenvalue weighted by Crippen LogP contribution is -2.52. The molecule has 5 heteroatoms. The van der Waals surface area contributed by atoms with Crippen molar-refractivity contribution in [3.63, 3.8) is 0 Å². The molecule has 2 aromatic rings. The van der Waals surface area contributed by atoms with Crippen molar-refractivity contribution in [3.8, 4) is 0 Å².